The van der Waals surface area contributed by atoms with Crippen molar-refractivity contribution in [2.24, 2.45) is 0 Å². The maximum atomic E-state index is 12.1. The smallest absolute Gasteiger partial charge is 0.255 e. The summed E-state index contributed by atoms with van der Waals surface area (Å²) in [5, 5.41) is 6.37. The number of piperidine rings is 1. The fourth-order valence-electron chi connectivity index (χ4n) is 2.77. The van der Waals surface area contributed by atoms with Gasteiger partial charge in [-0.2, -0.15) is 0 Å². The van der Waals surface area contributed by atoms with Crippen molar-refractivity contribution in [3.05, 3.63) is 65.7 Å². The van der Waals surface area contributed by atoms with E-state index in [4.69, 9.17) is 0 Å². The van der Waals surface area contributed by atoms with Crippen LogP contribution in [0.15, 0.2) is 54.6 Å². The zero-order valence-electron chi connectivity index (χ0n) is 12.0. The maximum absolute atomic E-state index is 12.1. The highest BCUT2D eigenvalue weighted by molar-refractivity contribution is 6.04. The largest absolute Gasteiger partial charge is 0.322 e. The van der Waals surface area contributed by atoms with Crippen LogP contribution in [0.5, 0.6) is 0 Å². The third-order valence-corrected chi connectivity index (χ3v) is 3.97. The predicted molar refractivity (Wildman–Crippen MR) is 85.7 cm³/mol. The van der Waals surface area contributed by atoms with Crippen LogP contribution in [-0.4, -0.2) is 19.0 Å². The molecule has 3 rings (SSSR count). The van der Waals surface area contributed by atoms with E-state index in [1.165, 1.54) is 18.4 Å². The molecule has 1 fully saturated rings. The summed E-state index contributed by atoms with van der Waals surface area (Å²) >= 11 is 0. The second-order valence-corrected chi connectivity index (χ2v) is 5.49. The Morgan fingerprint density at radius 3 is 2.48 bits per heavy atom. The predicted octanol–water partition coefficient (Wildman–Crippen LogP) is 3.41. The van der Waals surface area contributed by atoms with Crippen LogP contribution in [0.4, 0.5) is 5.69 Å². The molecule has 21 heavy (non-hydrogen) atoms. The van der Waals surface area contributed by atoms with Crippen LogP contribution in [0, 0.1) is 0 Å². The standard InChI is InChI=1S/C18H20N2O/c21-18(15-5-2-1-3-6-15)20-17-10-8-14(9-11-17)16-7-4-12-19-13-16/h1-3,5-6,8-11,16,19H,4,7,12-13H2,(H,20,21). The van der Waals surface area contributed by atoms with E-state index in [1.807, 2.05) is 42.5 Å². The van der Waals surface area contributed by atoms with Crippen LogP contribution >= 0.6 is 0 Å². The first-order valence-corrected chi connectivity index (χ1v) is 7.50. The summed E-state index contributed by atoms with van der Waals surface area (Å²) in [7, 11) is 0. The highest BCUT2D eigenvalue weighted by atomic mass is 16.1. The van der Waals surface area contributed by atoms with Crippen molar-refractivity contribution in [1.29, 1.82) is 0 Å². The van der Waals surface area contributed by atoms with E-state index in [0.29, 0.717) is 11.5 Å². The van der Waals surface area contributed by atoms with Gasteiger partial charge >= 0.3 is 0 Å². The fourth-order valence-corrected chi connectivity index (χ4v) is 2.77. The molecule has 108 valence electrons. The summed E-state index contributed by atoms with van der Waals surface area (Å²) in [5.74, 6) is 0.528. The third kappa shape index (κ3) is 3.50. The Balaban J connectivity index is 1.65. The van der Waals surface area contributed by atoms with Crippen LogP contribution in [0.2, 0.25) is 0 Å². The minimum absolute atomic E-state index is 0.0670. The first-order chi connectivity index (χ1) is 10.3. The number of carbonyl (C=O) groups excluding carboxylic acids is 1. The summed E-state index contributed by atoms with van der Waals surface area (Å²) in [6.07, 6.45) is 2.47. The van der Waals surface area contributed by atoms with Gasteiger partial charge in [0.15, 0.2) is 0 Å². The van der Waals surface area contributed by atoms with E-state index < -0.39 is 0 Å². The van der Waals surface area contributed by atoms with Gasteiger partial charge in [-0.25, -0.2) is 0 Å². The lowest BCUT2D eigenvalue weighted by Crippen LogP contribution is -2.28. The first kappa shape index (κ1) is 13.8. The average Bonchev–Trinajstić information content (AvgIpc) is 2.57. The average molecular weight is 280 g/mol. The summed E-state index contributed by atoms with van der Waals surface area (Å²) in [6, 6.07) is 17.5. The lowest BCUT2D eigenvalue weighted by molar-refractivity contribution is 0.102. The molecule has 1 saturated heterocycles. The zero-order chi connectivity index (χ0) is 14.5. The lowest BCUT2D eigenvalue weighted by Gasteiger charge is -2.23. The Morgan fingerprint density at radius 1 is 1.05 bits per heavy atom. The minimum Gasteiger partial charge on any atom is -0.322 e. The van der Waals surface area contributed by atoms with Gasteiger partial charge in [0.1, 0.15) is 0 Å². The van der Waals surface area contributed by atoms with Crippen molar-refractivity contribution in [1.82, 2.24) is 5.32 Å². The van der Waals surface area contributed by atoms with E-state index in [0.717, 1.165) is 18.8 Å². The number of rotatable bonds is 3. The number of amides is 1. The molecule has 1 aliphatic rings. The van der Waals surface area contributed by atoms with Crippen LogP contribution in [0.25, 0.3) is 0 Å². The quantitative estimate of drug-likeness (QED) is 0.904. The van der Waals surface area contributed by atoms with Gasteiger partial charge < -0.3 is 10.6 Å². The maximum Gasteiger partial charge on any atom is 0.255 e. The van der Waals surface area contributed by atoms with E-state index in [9.17, 15) is 4.79 Å². The molecule has 0 saturated carbocycles. The van der Waals surface area contributed by atoms with Gasteiger partial charge in [0.05, 0.1) is 0 Å². The molecule has 2 aromatic rings. The highest BCUT2D eigenvalue weighted by Gasteiger charge is 2.14. The minimum atomic E-state index is -0.0670. The Morgan fingerprint density at radius 2 is 1.81 bits per heavy atom. The number of hydrogen-bond donors (Lipinski definition) is 2. The molecule has 3 heteroatoms. The molecule has 0 aliphatic carbocycles. The molecule has 1 aliphatic heterocycles. The molecule has 0 radical (unpaired) electrons. The van der Waals surface area contributed by atoms with Crippen LogP contribution < -0.4 is 10.6 Å². The van der Waals surface area contributed by atoms with E-state index in [-0.39, 0.29) is 5.91 Å². The molecule has 1 atom stereocenters. The lowest BCUT2D eigenvalue weighted by atomic mass is 9.91. The molecule has 0 bridgehead atoms. The van der Waals surface area contributed by atoms with Gasteiger partial charge in [-0.3, -0.25) is 4.79 Å². The molecule has 1 unspecified atom stereocenters. The van der Waals surface area contributed by atoms with Gasteiger partial charge in [0.25, 0.3) is 5.91 Å². The molecular weight excluding hydrogens is 260 g/mol. The summed E-state index contributed by atoms with van der Waals surface area (Å²) in [5.41, 5.74) is 2.87. The van der Waals surface area contributed by atoms with E-state index in [1.54, 1.807) is 0 Å². The summed E-state index contributed by atoms with van der Waals surface area (Å²) in [4.78, 5) is 12.1. The van der Waals surface area contributed by atoms with Gasteiger partial charge in [-0.05, 0) is 55.1 Å². The van der Waals surface area contributed by atoms with Crippen molar-refractivity contribution in [3.63, 3.8) is 0 Å². The topological polar surface area (TPSA) is 41.1 Å². The Bertz CT molecular complexity index is 586. The number of hydrogen-bond acceptors (Lipinski definition) is 2. The normalized spacial score (nSPS) is 18.2. The fraction of sp³-hybridized carbons (Fsp3) is 0.278. The van der Waals surface area contributed by atoms with Crippen molar-refractivity contribution >= 4 is 11.6 Å². The van der Waals surface area contributed by atoms with Gasteiger partial charge in [0, 0.05) is 17.8 Å². The van der Waals surface area contributed by atoms with Crippen LogP contribution in [0.3, 0.4) is 0 Å². The van der Waals surface area contributed by atoms with Crippen molar-refractivity contribution in [3.8, 4) is 0 Å². The Hall–Kier alpha value is -2.13. The molecular formula is C18H20N2O. The molecule has 2 N–H and O–H groups in total. The number of anilines is 1. The number of carbonyl (C=O) groups is 1. The van der Waals surface area contributed by atoms with Crippen molar-refractivity contribution < 1.29 is 4.79 Å². The van der Waals surface area contributed by atoms with Gasteiger partial charge in [0.2, 0.25) is 0 Å². The van der Waals surface area contributed by atoms with E-state index in [2.05, 4.69) is 22.8 Å². The first-order valence-electron chi connectivity index (χ1n) is 7.50. The van der Waals surface area contributed by atoms with Crippen molar-refractivity contribution in [2.75, 3.05) is 18.4 Å². The number of benzene rings is 2. The molecule has 0 aromatic heterocycles. The Kier molecular flexibility index (Phi) is 4.31. The summed E-state index contributed by atoms with van der Waals surface area (Å²) in [6.45, 7) is 2.18. The molecule has 2 aromatic carbocycles. The van der Waals surface area contributed by atoms with E-state index >= 15 is 0 Å². The summed E-state index contributed by atoms with van der Waals surface area (Å²) < 4.78 is 0. The molecule has 3 nitrogen and oxygen atoms in total. The van der Waals surface area contributed by atoms with Crippen LogP contribution in [-0.2, 0) is 0 Å². The van der Waals surface area contributed by atoms with Crippen molar-refractivity contribution in [2.45, 2.75) is 18.8 Å². The Labute approximate surface area is 125 Å². The molecule has 1 heterocycles. The third-order valence-electron chi connectivity index (χ3n) is 3.97. The number of nitrogens with one attached hydrogen (secondary N) is 2. The van der Waals surface area contributed by atoms with Gasteiger partial charge in [-0.1, -0.05) is 30.3 Å². The molecule has 1 amide bonds. The molecule has 0 spiro atoms. The van der Waals surface area contributed by atoms with Crippen LogP contribution in [0.1, 0.15) is 34.7 Å². The highest BCUT2D eigenvalue weighted by Crippen LogP contribution is 2.24. The second kappa shape index (κ2) is 6.55. The monoisotopic (exact) mass is 280 g/mol. The SMILES string of the molecule is O=C(Nc1ccc(C2CCCNC2)cc1)c1ccccc1. The second-order valence-electron chi connectivity index (χ2n) is 5.49. The zero-order valence-corrected chi connectivity index (χ0v) is 12.0. The van der Waals surface area contributed by atoms with Gasteiger partial charge in [-0.15, -0.1) is 0 Å².